The Morgan fingerprint density at radius 2 is 1.77 bits per heavy atom. The van der Waals surface area contributed by atoms with E-state index >= 15 is 0 Å². The van der Waals surface area contributed by atoms with E-state index in [9.17, 15) is 14.9 Å². The van der Waals surface area contributed by atoms with Gasteiger partial charge in [-0.05, 0) is 59.7 Å². The quantitative estimate of drug-likeness (QED) is 0.258. The number of aryl methyl sites for hydroxylation is 1. The molecule has 0 heterocycles. The van der Waals surface area contributed by atoms with E-state index in [1.54, 1.807) is 0 Å². The molecule has 0 saturated heterocycles. The molecule has 0 bridgehead atoms. The highest BCUT2D eigenvalue weighted by Gasteiger charge is 2.32. The van der Waals surface area contributed by atoms with Crippen LogP contribution in [0.4, 0.5) is 5.69 Å². The van der Waals surface area contributed by atoms with Crippen molar-refractivity contribution in [2.75, 3.05) is 0 Å². The third kappa shape index (κ3) is 4.46. The normalized spacial score (nSPS) is 18.6. The van der Waals surface area contributed by atoms with Gasteiger partial charge in [-0.2, -0.15) is 0 Å². The predicted molar refractivity (Wildman–Crippen MR) is 121 cm³/mol. The smallest absolute Gasteiger partial charge is 0.338 e. The molecule has 0 spiro atoms. The molecule has 1 fully saturated rings. The molecular weight excluding hydrogens is 390 g/mol. The zero-order valence-electron chi connectivity index (χ0n) is 17.8. The molecule has 0 radical (unpaired) electrons. The van der Waals surface area contributed by atoms with Crippen molar-refractivity contribution in [3.63, 3.8) is 0 Å². The summed E-state index contributed by atoms with van der Waals surface area (Å²) < 4.78 is 6.02. The zero-order valence-corrected chi connectivity index (χ0v) is 17.8. The van der Waals surface area contributed by atoms with Crippen molar-refractivity contribution in [1.82, 2.24) is 0 Å². The Kier molecular flexibility index (Phi) is 6.31. The Morgan fingerprint density at radius 3 is 2.52 bits per heavy atom. The van der Waals surface area contributed by atoms with Gasteiger partial charge in [0.15, 0.2) is 0 Å². The van der Waals surface area contributed by atoms with Gasteiger partial charge in [-0.25, -0.2) is 4.79 Å². The summed E-state index contributed by atoms with van der Waals surface area (Å²) in [6.45, 7) is 2.19. The molecule has 1 aliphatic carbocycles. The van der Waals surface area contributed by atoms with E-state index in [1.807, 2.05) is 0 Å². The van der Waals surface area contributed by atoms with Crippen LogP contribution in [0.1, 0.15) is 66.4 Å². The lowest BCUT2D eigenvalue weighted by molar-refractivity contribution is -0.384. The zero-order chi connectivity index (χ0) is 21.8. The predicted octanol–water partition coefficient (Wildman–Crippen LogP) is 6.58. The SMILES string of the molecule is CCCc1ccc2ccccc2c1[C@@H]1CCCC[C@@H]1OC(=O)c1ccc([N+](=O)[O-])cc1. The van der Waals surface area contributed by atoms with Gasteiger partial charge < -0.3 is 4.74 Å². The number of hydrogen-bond donors (Lipinski definition) is 0. The van der Waals surface area contributed by atoms with Crippen molar-refractivity contribution in [2.24, 2.45) is 0 Å². The van der Waals surface area contributed by atoms with Gasteiger partial charge in [-0.15, -0.1) is 0 Å². The third-order valence-electron chi connectivity index (χ3n) is 6.23. The van der Waals surface area contributed by atoms with Crippen LogP contribution in [0.25, 0.3) is 10.8 Å². The number of non-ortho nitro benzene ring substituents is 1. The highest BCUT2D eigenvalue weighted by atomic mass is 16.6. The Labute approximate surface area is 182 Å². The van der Waals surface area contributed by atoms with Crippen molar-refractivity contribution in [3.05, 3.63) is 87.5 Å². The maximum Gasteiger partial charge on any atom is 0.338 e. The standard InChI is InChI=1S/C26H27NO4/c1-2-7-19-13-12-18-8-3-4-9-22(18)25(19)23-10-5-6-11-24(23)31-26(28)20-14-16-21(17-15-20)27(29)30/h3-4,8-9,12-17,23-24H,2,5-7,10-11H2,1H3/t23-,24+/m1/s1. The summed E-state index contributed by atoms with van der Waals surface area (Å²) in [5.41, 5.74) is 2.97. The van der Waals surface area contributed by atoms with E-state index in [4.69, 9.17) is 4.74 Å². The number of rotatable bonds is 6. The van der Waals surface area contributed by atoms with Crippen molar-refractivity contribution in [2.45, 2.75) is 57.5 Å². The van der Waals surface area contributed by atoms with Crippen LogP contribution < -0.4 is 0 Å². The van der Waals surface area contributed by atoms with E-state index in [2.05, 4.69) is 43.3 Å². The largest absolute Gasteiger partial charge is 0.458 e. The van der Waals surface area contributed by atoms with Gasteiger partial charge in [0, 0.05) is 18.1 Å². The van der Waals surface area contributed by atoms with Crippen molar-refractivity contribution < 1.29 is 14.5 Å². The second kappa shape index (κ2) is 9.29. The van der Waals surface area contributed by atoms with Gasteiger partial charge in [-0.1, -0.05) is 56.2 Å². The molecule has 160 valence electrons. The molecule has 3 aromatic carbocycles. The van der Waals surface area contributed by atoms with Crippen LogP contribution in [0.3, 0.4) is 0 Å². The molecule has 0 N–H and O–H groups in total. The van der Waals surface area contributed by atoms with E-state index in [0.29, 0.717) is 5.56 Å². The van der Waals surface area contributed by atoms with Crippen LogP contribution in [0, 0.1) is 10.1 Å². The van der Waals surface area contributed by atoms with Crippen LogP contribution >= 0.6 is 0 Å². The molecular formula is C26H27NO4. The van der Waals surface area contributed by atoms with Crippen LogP contribution in [-0.4, -0.2) is 17.0 Å². The average Bonchev–Trinajstić information content (AvgIpc) is 2.80. The summed E-state index contributed by atoms with van der Waals surface area (Å²) in [5, 5.41) is 13.3. The number of nitro benzene ring substituents is 1. The van der Waals surface area contributed by atoms with Crippen LogP contribution in [0.5, 0.6) is 0 Å². The summed E-state index contributed by atoms with van der Waals surface area (Å²) in [5.74, 6) is -0.257. The summed E-state index contributed by atoms with van der Waals surface area (Å²) in [6, 6.07) is 18.5. The monoisotopic (exact) mass is 417 g/mol. The van der Waals surface area contributed by atoms with Crippen LogP contribution in [0.2, 0.25) is 0 Å². The first-order valence-corrected chi connectivity index (χ1v) is 11.0. The summed E-state index contributed by atoms with van der Waals surface area (Å²) in [7, 11) is 0. The first-order valence-electron chi connectivity index (χ1n) is 11.0. The van der Waals surface area contributed by atoms with Gasteiger partial charge in [0.2, 0.25) is 0 Å². The fraction of sp³-hybridized carbons (Fsp3) is 0.346. The molecule has 0 unspecified atom stereocenters. The lowest BCUT2D eigenvalue weighted by Gasteiger charge is -2.33. The fourth-order valence-electron chi connectivity index (χ4n) is 4.76. The van der Waals surface area contributed by atoms with Crippen LogP contribution in [-0.2, 0) is 11.2 Å². The van der Waals surface area contributed by atoms with E-state index < -0.39 is 10.9 Å². The molecule has 2 atom stereocenters. The molecule has 4 rings (SSSR count). The maximum atomic E-state index is 12.9. The van der Waals surface area contributed by atoms with E-state index in [-0.39, 0.29) is 17.7 Å². The van der Waals surface area contributed by atoms with Crippen LogP contribution in [0.15, 0.2) is 60.7 Å². The number of hydrogen-bond acceptors (Lipinski definition) is 4. The number of carbonyl (C=O) groups excluding carboxylic acids is 1. The van der Waals surface area contributed by atoms with Gasteiger partial charge in [0.1, 0.15) is 6.10 Å². The van der Waals surface area contributed by atoms with Gasteiger partial charge in [-0.3, -0.25) is 10.1 Å². The molecule has 1 aliphatic rings. The third-order valence-corrected chi connectivity index (χ3v) is 6.23. The number of nitro groups is 1. The van der Waals surface area contributed by atoms with Crippen molar-refractivity contribution >= 4 is 22.4 Å². The summed E-state index contributed by atoms with van der Waals surface area (Å²) >= 11 is 0. The van der Waals surface area contributed by atoms with Gasteiger partial charge in [0.05, 0.1) is 10.5 Å². The second-order valence-corrected chi connectivity index (χ2v) is 8.25. The number of ether oxygens (including phenoxy) is 1. The lowest BCUT2D eigenvalue weighted by atomic mass is 9.77. The van der Waals surface area contributed by atoms with E-state index in [1.165, 1.54) is 46.2 Å². The van der Waals surface area contributed by atoms with Gasteiger partial charge in [0.25, 0.3) is 5.69 Å². The minimum Gasteiger partial charge on any atom is -0.458 e. The molecule has 0 aromatic heterocycles. The fourth-order valence-corrected chi connectivity index (χ4v) is 4.76. The minimum absolute atomic E-state index is 0.0351. The lowest BCUT2D eigenvalue weighted by Crippen LogP contribution is -2.29. The molecule has 0 aliphatic heterocycles. The average molecular weight is 418 g/mol. The first kappa shape index (κ1) is 21.0. The highest BCUT2D eigenvalue weighted by Crippen LogP contribution is 2.41. The number of nitrogens with zero attached hydrogens (tertiary/aromatic N) is 1. The Bertz CT molecular complexity index is 1090. The molecule has 0 amide bonds. The second-order valence-electron chi connectivity index (χ2n) is 8.25. The minimum atomic E-state index is -0.470. The van der Waals surface area contributed by atoms with Gasteiger partial charge >= 0.3 is 5.97 Å². The topological polar surface area (TPSA) is 69.4 Å². The summed E-state index contributed by atoms with van der Waals surface area (Å²) in [6.07, 6.45) is 5.83. The number of fused-ring (bicyclic) bond motifs is 1. The molecule has 5 heteroatoms. The molecule has 5 nitrogen and oxygen atoms in total. The number of carbonyl (C=O) groups is 1. The Morgan fingerprint density at radius 1 is 1.03 bits per heavy atom. The Balaban J connectivity index is 1.66. The van der Waals surface area contributed by atoms with Crippen molar-refractivity contribution in [3.8, 4) is 0 Å². The summed E-state index contributed by atoms with van der Waals surface area (Å²) in [4.78, 5) is 23.3. The molecule has 1 saturated carbocycles. The first-order chi connectivity index (χ1) is 15.1. The van der Waals surface area contributed by atoms with Crippen molar-refractivity contribution in [1.29, 1.82) is 0 Å². The maximum absolute atomic E-state index is 12.9. The highest BCUT2D eigenvalue weighted by molar-refractivity contribution is 5.90. The number of benzene rings is 3. The Hall–Kier alpha value is -3.21. The molecule has 31 heavy (non-hydrogen) atoms. The van der Waals surface area contributed by atoms with E-state index in [0.717, 1.165) is 38.5 Å². The number of esters is 1. The molecule has 3 aromatic rings.